The molecule has 1 rings (SSSR count). The van der Waals surface area contributed by atoms with Gasteiger partial charge >= 0.3 is 0 Å². The molecule has 1 unspecified atom stereocenters. The molecule has 0 aromatic heterocycles. The molecule has 0 heterocycles. The smallest absolute Gasteiger partial charge is 0.246 e. The maximum Gasteiger partial charge on any atom is 0.246 e. The summed E-state index contributed by atoms with van der Waals surface area (Å²) in [7, 11) is -3.22. The Bertz CT molecular complexity index is 548. The average molecular weight is 283 g/mol. The molecule has 1 aromatic rings. The fourth-order valence-corrected chi connectivity index (χ4v) is 2.62. The Balaban J connectivity index is 3.34. The molecule has 1 N–H and O–H groups in total. The number of halogens is 3. The minimum absolute atomic E-state index is 0.485. The zero-order valence-corrected chi connectivity index (χ0v) is 10.5. The van der Waals surface area contributed by atoms with Crippen molar-refractivity contribution in [1.82, 2.24) is 4.31 Å². The van der Waals surface area contributed by atoms with E-state index < -0.39 is 45.0 Å². The van der Waals surface area contributed by atoms with Crippen molar-refractivity contribution in [2.45, 2.75) is 17.9 Å². The lowest BCUT2D eigenvalue weighted by Gasteiger charge is -2.22. The second-order valence-electron chi connectivity index (χ2n) is 3.73. The molecule has 0 spiro atoms. The van der Waals surface area contributed by atoms with Gasteiger partial charge in [-0.1, -0.05) is 0 Å². The summed E-state index contributed by atoms with van der Waals surface area (Å²) < 4.78 is 63.6. The average Bonchev–Trinajstić information content (AvgIpc) is 2.33. The Morgan fingerprint density at radius 2 is 1.83 bits per heavy atom. The van der Waals surface area contributed by atoms with Crippen molar-refractivity contribution in [2.24, 2.45) is 0 Å². The predicted molar refractivity (Wildman–Crippen MR) is 57.8 cm³/mol. The summed E-state index contributed by atoms with van der Waals surface area (Å²) in [4.78, 5) is -0.968. The molecule has 4 nitrogen and oxygen atoms in total. The largest absolute Gasteiger partial charge is 0.395 e. The standard InChI is InChI=1S/C10H12F3NO3S/c1-6(5-15)14(2)18(16,17)8-4-3-7(11)9(12)10(8)13/h3-4,6,15H,5H2,1-2H3. The number of benzene rings is 1. The van der Waals surface area contributed by atoms with Crippen LogP contribution in [0.15, 0.2) is 17.0 Å². The monoisotopic (exact) mass is 283 g/mol. The number of sulfonamides is 1. The highest BCUT2D eigenvalue weighted by Gasteiger charge is 2.30. The fraction of sp³-hybridized carbons (Fsp3) is 0.400. The lowest BCUT2D eigenvalue weighted by molar-refractivity contribution is 0.213. The van der Waals surface area contributed by atoms with Crippen LogP contribution < -0.4 is 0 Å². The van der Waals surface area contributed by atoms with Crippen LogP contribution in [0.4, 0.5) is 13.2 Å². The topological polar surface area (TPSA) is 57.6 Å². The molecule has 1 atom stereocenters. The van der Waals surface area contributed by atoms with E-state index in [0.717, 1.165) is 7.05 Å². The van der Waals surface area contributed by atoms with Gasteiger partial charge in [-0.25, -0.2) is 21.6 Å². The van der Waals surface area contributed by atoms with Crippen molar-refractivity contribution >= 4 is 10.0 Å². The first-order valence-electron chi connectivity index (χ1n) is 4.95. The van der Waals surface area contributed by atoms with Crippen LogP contribution in [0, 0.1) is 17.5 Å². The van der Waals surface area contributed by atoms with Crippen molar-refractivity contribution in [1.29, 1.82) is 0 Å². The van der Waals surface area contributed by atoms with Crippen molar-refractivity contribution < 1.29 is 26.7 Å². The number of aliphatic hydroxyl groups is 1. The lowest BCUT2D eigenvalue weighted by Crippen LogP contribution is -2.37. The van der Waals surface area contributed by atoms with Crippen molar-refractivity contribution in [2.75, 3.05) is 13.7 Å². The second-order valence-corrected chi connectivity index (χ2v) is 5.69. The molecule has 0 saturated carbocycles. The van der Waals surface area contributed by atoms with Crippen LogP contribution >= 0.6 is 0 Å². The van der Waals surface area contributed by atoms with Crippen LogP contribution in [-0.2, 0) is 10.0 Å². The van der Waals surface area contributed by atoms with Crippen LogP contribution in [0.5, 0.6) is 0 Å². The van der Waals surface area contributed by atoms with Crippen LogP contribution in [0.2, 0.25) is 0 Å². The summed E-state index contributed by atoms with van der Waals surface area (Å²) in [6.45, 7) is 0.899. The highest BCUT2D eigenvalue weighted by molar-refractivity contribution is 7.89. The summed E-state index contributed by atoms with van der Waals surface area (Å²) in [6, 6.07) is 0.356. The van der Waals surface area contributed by atoms with Crippen molar-refractivity contribution in [3.63, 3.8) is 0 Å². The van der Waals surface area contributed by atoms with E-state index in [1.807, 2.05) is 0 Å². The van der Waals surface area contributed by atoms with E-state index in [1.165, 1.54) is 6.92 Å². The Labute approximate surface area is 103 Å². The molecule has 18 heavy (non-hydrogen) atoms. The molecule has 0 amide bonds. The number of likely N-dealkylation sites (N-methyl/N-ethyl adjacent to an activating group) is 1. The highest BCUT2D eigenvalue weighted by atomic mass is 32.2. The Hall–Kier alpha value is -1.12. The number of aliphatic hydroxyl groups excluding tert-OH is 1. The molecule has 1 aromatic carbocycles. The SMILES string of the molecule is CC(CO)N(C)S(=O)(=O)c1ccc(F)c(F)c1F. The van der Waals surface area contributed by atoms with E-state index in [1.54, 1.807) is 0 Å². The van der Waals surface area contributed by atoms with E-state index in [0.29, 0.717) is 16.4 Å². The summed E-state index contributed by atoms with van der Waals surface area (Å²) in [5, 5.41) is 8.85. The molecular weight excluding hydrogens is 271 g/mol. The van der Waals surface area contributed by atoms with Gasteiger partial charge in [0.25, 0.3) is 0 Å². The molecule has 0 saturated heterocycles. The van der Waals surface area contributed by atoms with Crippen LogP contribution in [-0.4, -0.2) is 37.5 Å². The van der Waals surface area contributed by atoms with Crippen LogP contribution in [0.3, 0.4) is 0 Å². The van der Waals surface area contributed by atoms with Gasteiger partial charge in [-0.3, -0.25) is 0 Å². The Morgan fingerprint density at radius 3 is 2.33 bits per heavy atom. The summed E-state index contributed by atoms with van der Waals surface area (Å²) in [5.74, 6) is -5.09. The van der Waals surface area contributed by atoms with Gasteiger partial charge in [0.2, 0.25) is 10.0 Å². The lowest BCUT2D eigenvalue weighted by atomic mass is 10.3. The zero-order chi connectivity index (χ0) is 14.1. The normalized spacial score (nSPS) is 13.9. The molecule has 8 heteroatoms. The minimum Gasteiger partial charge on any atom is -0.395 e. The third-order valence-electron chi connectivity index (χ3n) is 2.54. The molecule has 0 radical (unpaired) electrons. The number of hydrogen-bond acceptors (Lipinski definition) is 3. The van der Waals surface area contributed by atoms with Gasteiger partial charge in [-0.15, -0.1) is 0 Å². The van der Waals surface area contributed by atoms with Crippen molar-refractivity contribution in [3.8, 4) is 0 Å². The Morgan fingerprint density at radius 1 is 1.28 bits per heavy atom. The van der Waals surface area contributed by atoms with Crippen molar-refractivity contribution in [3.05, 3.63) is 29.6 Å². The van der Waals surface area contributed by atoms with Gasteiger partial charge in [-0.05, 0) is 19.1 Å². The van der Waals surface area contributed by atoms with E-state index in [-0.39, 0.29) is 0 Å². The van der Waals surface area contributed by atoms with E-state index in [2.05, 4.69) is 0 Å². The maximum atomic E-state index is 13.4. The molecule has 0 aliphatic heterocycles. The zero-order valence-electron chi connectivity index (χ0n) is 9.69. The summed E-state index contributed by atoms with van der Waals surface area (Å²) in [6.07, 6.45) is 0. The number of hydrogen-bond donors (Lipinski definition) is 1. The van der Waals surface area contributed by atoms with Crippen LogP contribution in [0.1, 0.15) is 6.92 Å². The van der Waals surface area contributed by atoms with Gasteiger partial charge in [-0.2, -0.15) is 4.31 Å². The molecule has 0 aliphatic rings. The minimum atomic E-state index is -4.33. The summed E-state index contributed by atoms with van der Waals surface area (Å²) in [5.41, 5.74) is 0. The third kappa shape index (κ3) is 2.50. The predicted octanol–water partition coefficient (Wildman–Crippen LogP) is 1.11. The summed E-state index contributed by atoms with van der Waals surface area (Å²) >= 11 is 0. The first-order valence-corrected chi connectivity index (χ1v) is 6.39. The van der Waals surface area contributed by atoms with E-state index in [9.17, 15) is 21.6 Å². The van der Waals surface area contributed by atoms with Gasteiger partial charge in [0.15, 0.2) is 17.5 Å². The van der Waals surface area contributed by atoms with E-state index >= 15 is 0 Å². The van der Waals surface area contributed by atoms with Crippen LogP contribution in [0.25, 0.3) is 0 Å². The third-order valence-corrected chi connectivity index (χ3v) is 4.53. The first-order chi connectivity index (χ1) is 8.23. The number of nitrogens with zero attached hydrogens (tertiary/aromatic N) is 1. The maximum absolute atomic E-state index is 13.4. The molecule has 0 fully saturated rings. The van der Waals surface area contributed by atoms with E-state index in [4.69, 9.17) is 5.11 Å². The fourth-order valence-electron chi connectivity index (χ4n) is 1.21. The molecule has 102 valence electrons. The second kappa shape index (κ2) is 5.25. The molecule has 0 bridgehead atoms. The van der Waals surface area contributed by atoms with Gasteiger partial charge in [0, 0.05) is 13.1 Å². The molecule has 0 aliphatic carbocycles. The van der Waals surface area contributed by atoms with Gasteiger partial charge < -0.3 is 5.11 Å². The quantitative estimate of drug-likeness (QED) is 0.842. The Kier molecular flexibility index (Phi) is 4.36. The highest BCUT2D eigenvalue weighted by Crippen LogP contribution is 2.23. The van der Waals surface area contributed by atoms with Gasteiger partial charge in [0.1, 0.15) is 4.90 Å². The van der Waals surface area contributed by atoms with Gasteiger partial charge in [0.05, 0.1) is 6.61 Å². The number of rotatable bonds is 4. The molecular formula is C10H12F3NO3S. The first kappa shape index (κ1) is 14.9.